The highest BCUT2D eigenvalue weighted by molar-refractivity contribution is 5.91. The van der Waals surface area contributed by atoms with Gasteiger partial charge in [0.2, 0.25) is 0 Å². The summed E-state index contributed by atoms with van der Waals surface area (Å²) in [6, 6.07) is 28.6. The second kappa shape index (κ2) is 8.92. The minimum absolute atomic E-state index is 0.352. The smallest absolute Gasteiger partial charge is 0.334 e. The van der Waals surface area contributed by atoms with Gasteiger partial charge in [-0.1, -0.05) is 86.0 Å². The third-order valence-corrected chi connectivity index (χ3v) is 8.15. The number of esters is 2. The highest BCUT2D eigenvalue weighted by atomic mass is 16.6. The molecule has 0 spiro atoms. The van der Waals surface area contributed by atoms with Crippen LogP contribution in [0.1, 0.15) is 49.9 Å². The fourth-order valence-electron chi connectivity index (χ4n) is 6.03. The summed E-state index contributed by atoms with van der Waals surface area (Å²) >= 11 is 0. The molecule has 0 heterocycles. The molecule has 0 amide bonds. The van der Waals surface area contributed by atoms with Crippen molar-refractivity contribution in [2.75, 3.05) is 0 Å². The maximum absolute atomic E-state index is 12.8. The number of hydrogen-bond acceptors (Lipinski definition) is 4. The van der Waals surface area contributed by atoms with E-state index >= 15 is 0 Å². The van der Waals surface area contributed by atoms with Crippen LogP contribution in [-0.2, 0) is 30.3 Å². The van der Waals surface area contributed by atoms with Gasteiger partial charge in [-0.05, 0) is 73.2 Å². The first kappa shape index (κ1) is 25.6. The van der Waals surface area contributed by atoms with Gasteiger partial charge in [0.05, 0.1) is 0 Å². The van der Waals surface area contributed by atoms with Crippen molar-refractivity contribution in [3.05, 3.63) is 131 Å². The minimum Gasteiger partial charge on any atom is -0.446 e. The van der Waals surface area contributed by atoms with E-state index in [1.807, 2.05) is 50.2 Å². The average Bonchev–Trinajstić information content (AvgIpc) is 3.34. The Morgan fingerprint density at radius 3 is 1.27 bits per heavy atom. The Kier molecular flexibility index (Phi) is 5.70. The summed E-state index contributed by atoms with van der Waals surface area (Å²) in [6.45, 7) is 14.8. The lowest BCUT2D eigenvalue weighted by Gasteiger charge is -2.28. The van der Waals surface area contributed by atoms with Gasteiger partial charge in [0.25, 0.3) is 0 Å². The molecule has 2 atom stereocenters. The van der Waals surface area contributed by atoms with Crippen molar-refractivity contribution < 1.29 is 19.1 Å². The van der Waals surface area contributed by atoms with Crippen LogP contribution in [0.4, 0.5) is 0 Å². The molecule has 4 aromatic rings. The third kappa shape index (κ3) is 3.67. The van der Waals surface area contributed by atoms with E-state index in [1.54, 1.807) is 13.8 Å². The molecule has 4 heteroatoms. The van der Waals surface area contributed by atoms with Crippen LogP contribution in [-0.4, -0.2) is 11.9 Å². The SMILES string of the molecule is C=C(C)C(=O)OC1(C)c2ccccc2-c2ccc(-c3ccc4c(c3)C(C)(OC(=O)C(=C)C)c3ccccc3-4)cc21. The molecule has 4 nitrogen and oxygen atoms in total. The first-order valence-corrected chi connectivity index (χ1v) is 13.3. The van der Waals surface area contributed by atoms with Crippen LogP contribution in [0.15, 0.2) is 109 Å². The molecule has 0 radical (unpaired) electrons. The number of rotatable bonds is 5. The number of carbonyl (C=O) groups excluding carboxylic acids is 2. The van der Waals surface area contributed by atoms with Crippen molar-refractivity contribution in [1.82, 2.24) is 0 Å². The molecule has 0 saturated heterocycles. The van der Waals surface area contributed by atoms with Crippen LogP contribution >= 0.6 is 0 Å². The van der Waals surface area contributed by atoms with E-state index in [9.17, 15) is 9.59 Å². The van der Waals surface area contributed by atoms with Crippen LogP contribution < -0.4 is 0 Å². The van der Waals surface area contributed by atoms with Gasteiger partial charge in [-0.25, -0.2) is 9.59 Å². The monoisotopic (exact) mass is 526 g/mol. The minimum atomic E-state index is -0.962. The highest BCUT2D eigenvalue weighted by Gasteiger charge is 2.44. The van der Waals surface area contributed by atoms with E-state index in [0.29, 0.717) is 11.1 Å². The summed E-state index contributed by atoms with van der Waals surface area (Å²) in [5, 5.41) is 0. The maximum atomic E-state index is 12.8. The van der Waals surface area contributed by atoms with Gasteiger partial charge in [0, 0.05) is 33.4 Å². The van der Waals surface area contributed by atoms with Crippen LogP contribution in [0.5, 0.6) is 0 Å². The molecule has 0 saturated carbocycles. The van der Waals surface area contributed by atoms with Gasteiger partial charge < -0.3 is 9.47 Å². The number of ether oxygens (including phenoxy) is 2. The van der Waals surface area contributed by atoms with Gasteiger partial charge in [0.1, 0.15) is 0 Å². The fourth-order valence-corrected chi connectivity index (χ4v) is 6.03. The van der Waals surface area contributed by atoms with E-state index in [4.69, 9.17) is 9.47 Å². The van der Waals surface area contributed by atoms with Gasteiger partial charge in [-0.2, -0.15) is 0 Å². The zero-order chi connectivity index (χ0) is 28.4. The largest absolute Gasteiger partial charge is 0.446 e. The van der Waals surface area contributed by atoms with E-state index in [0.717, 1.165) is 55.6 Å². The van der Waals surface area contributed by atoms with Crippen molar-refractivity contribution >= 4 is 11.9 Å². The van der Waals surface area contributed by atoms with Crippen molar-refractivity contribution in [3.8, 4) is 33.4 Å². The molecule has 0 N–H and O–H groups in total. The quantitative estimate of drug-likeness (QED) is 0.195. The molecule has 0 aliphatic heterocycles. The summed E-state index contributed by atoms with van der Waals surface area (Å²) in [5.74, 6) is -0.859. The Hall–Kier alpha value is -4.70. The summed E-state index contributed by atoms with van der Waals surface area (Å²) in [6.07, 6.45) is 0. The molecule has 40 heavy (non-hydrogen) atoms. The first-order valence-electron chi connectivity index (χ1n) is 13.3. The van der Waals surface area contributed by atoms with Crippen LogP contribution in [0.2, 0.25) is 0 Å². The normalized spacial score (nSPS) is 19.6. The Labute approximate surface area is 234 Å². The molecule has 198 valence electrons. The third-order valence-electron chi connectivity index (χ3n) is 8.15. The zero-order valence-electron chi connectivity index (χ0n) is 23.1. The molecule has 0 fully saturated rings. The Bertz CT molecular complexity index is 1650. The van der Waals surface area contributed by atoms with E-state index in [1.165, 1.54) is 0 Å². The van der Waals surface area contributed by atoms with E-state index in [2.05, 4.69) is 61.7 Å². The molecule has 0 bridgehead atoms. The maximum Gasteiger partial charge on any atom is 0.334 e. The van der Waals surface area contributed by atoms with Gasteiger partial charge in [-0.3, -0.25) is 0 Å². The second-order valence-electron chi connectivity index (χ2n) is 11.0. The number of hydrogen-bond donors (Lipinski definition) is 0. The first-order chi connectivity index (χ1) is 19.0. The lowest BCUT2D eigenvalue weighted by molar-refractivity contribution is -0.150. The molecule has 2 unspecified atom stereocenters. The second-order valence-corrected chi connectivity index (χ2v) is 11.0. The Balaban J connectivity index is 1.49. The summed E-state index contributed by atoms with van der Waals surface area (Å²) in [7, 11) is 0. The molecule has 2 aliphatic rings. The van der Waals surface area contributed by atoms with Crippen molar-refractivity contribution in [1.29, 1.82) is 0 Å². The van der Waals surface area contributed by atoms with Crippen molar-refractivity contribution in [3.63, 3.8) is 0 Å². The van der Waals surface area contributed by atoms with Gasteiger partial charge in [0.15, 0.2) is 11.2 Å². The Morgan fingerprint density at radius 2 is 0.900 bits per heavy atom. The van der Waals surface area contributed by atoms with Crippen LogP contribution in [0, 0.1) is 0 Å². The molecule has 2 aliphatic carbocycles. The van der Waals surface area contributed by atoms with Crippen molar-refractivity contribution in [2.45, 2.75) is 38.9 Å². The zero-order valence-corrected chi connectivity index (χ0v) is 23.1. The van der Waals surface area contributed by atoms with Crippen LogP contribution in [0.25, 0.3) is 33.4 Å². The topological polar surface area (TPSA) is 52.6 Å². The predicted octanol–water partition coefficient (Wildman–Crippen LogP) is 8.08. The number of carbonyl (C=O) groups is 2. The van der Waals surface area contributed by atoms with E-state index in [-0.39, 0.29) is 0 Å². The summed E-state index contributed by atoms with van der Waals surface area (Å²) < 4.78 is 12.2. The standard InChI is InChI=1S/C36H30O4/c1-21(2)33(37)39-35(5)29-13-9-7-11-25(29)27-17-15-23(19-31(27)35)24-16-18-28-26-12-8-10-14-30(26)36(6,32(28)20-24)40-34(38)22(3)4/h7-20H,1,3H2,2,4-6H3. The van der Waals surface area contributed by atoms with Gasteiger partial charge in [-0.15, -0.1) is 0 Å². The number of benzene rings is 4. The van der Waals surface area contributed by atoms with E-state index < -0.39 is 23.1 Å². The van der Waals surface area contributed by atoms with Gasteiger partial charge >= 0.3 is 11.9 Å². The summed E-state index contributed by atoms with van der Waals surface area (Å²) in [4.78, 5) is 25.5. The molecular weight excluding hydrogens is 496 g/mol. The molecule has 4 aromatic carbocycles. The molecule has 6 rings (SSSR count). The highest BCUT2D eigenvalue weighted by Crippen LogP contribution is 2.53. The fraction of sp³-hybridized carbons (Fsp3) is 0.167. The number of fused-ring (bicyclic) bond motifs is 6. The van der Waals surface area contributed by atoms with Crippen LogP contribution in [0.3, 0.4) is 0 Å². The van der Waals surface area contributed by atoms with Crippen molar-refractivity contribution in [2.24, 2.45) is 0 Å². The molecule has 0 aromatic heterocycles. The lowest BCUT2D eigenvalue weighted by atomic mass is 9.88. The summed E-state index contributed by atoms with van der Waals surface area (Å²) in [5.41, 5.74) is 8.60. The lowest BCUT2D eigenvalue weighted by Crippen LogP contribution is -2.29. The Morgan fingerprint density at radius 1 is 0.550 bits per heavy atom. The average molecular weight is 527 g/mol. The predicted molar refractivity (Wildman–Crippen MR) is 157 cm³/mol. The molecular formula is C36H30O4.